The Labute approximate surface area is 233 Å². The number of terminal acetylenes is 1. The largest absolute Gasteiger partial charge is 0.466 e. The van der Waals surface area contributed by atoms with Crippen molar-refractivity contribution in [2.45, 2.75) is 98.4 Å². The maximum absolute atomic E-state index is 14.3. The summed E-state index contributed by atoms with van der Waals surface area (Å²) in [5.74, 6) is 0.998. The smallest absolute Gasteiger partial charge is 0.408 e. The van der Waals surface area contributed by atoms with Crippen molar-refractivity contribution in [3.63, 3.8) is 0 Å². The number of rotatable bonds is 13. The van der Waals surface area contributed by atoms with E-state index in [4.69, 9.17) is 15.9 Å². The number of alkyl carbamates (subject to hydrolysis) is 1. The molecular weight excluding hydrogens is 498 g/mol. The highest BCUT2D eigenvalue weighted by Gasteiger charge is 2.40. The summed E-state index contributed by atoms with van der Waals surface area (Å²) in [6, 6.07) is 4.48. The Bertz CT molecular complexity index is 1030. The molecule has 0 aliphatic carbocycles. The zero-order valence-corrected chi connectivity index (χ0v) is 24.6. The van der Waals surface area contributed by atoms with Gasteiger partial charge in [-0.25, -0.2) is 4.79 Å². The molecule has 1 rings (SSSR count). The van der Waals surface area contributed by atoms with Gasteiger partial charge in [0.2, 0.25) is 11.8 Å². The maximum atomic E-state index is 14.3. The van der Waals surface area contributed by atoms with Crippen LogP contribution in [0, 0.1) is 18.3 Å². The Morgan fingerprint density at radius 2 is 1.69 bits per heavy atom. The Balaban J connectivity index is 3.57. The highest BCUT2D eigenvalue weighted by molar-refractivity contribution is 5.93. The van der Waals surface area contributed by atoms with Crippen LogP contribution >= 0.6 is 0 Å². The molecule has 4 unspecified atom stereocenters. The van der Waals surface area contributed by atoms with Crippen molar-refractivity contribution in [2.75, 3.05) is 13.2 Å². The van der Waals surface area contributed by atoms with Crippen molar-refractivity contribution >= 4 is 23.9 Å². The molecule has 9 heteroatoms. The van der Waals surface area contributed by atoms with E-state index in [1.54, 1.807) is 52.0 Å². The van der Waals surface area contributed by atoms with Crippen LogP contribution in [-0.4, -0.2) is 59.6 Å². The fraction of sp³-hybridized carbons (Fsp3) is 0.600. The Morgan fingerprint density at radius 1 is 1.05 bits per heavy atom. The summed E-state index contributed by atoms with van der Waals surface area (Å²) in [5, 5.41) is 5.52. The Kier molecular flexibility index (Phi) is 13.5. The van der Waals surface area contributed by atoms with Crippen LogP contribution in [0.4, 0.5) is 4.79 Å². The van der Waals surface area contributed by atoms with Gasteiger partial charge in [-0.05, 0) is 58.6 Å². The number of carbonyl (C=O) groups excluding carboxylic acids is 4. The summed E-state index contributed by atoms with van der Waals surface area (Å²) in [6.45, 7) is 14.7. The first kappa shape index (κ1) is 33.5. The molecule has 0 aromatic heterocycles. The summed E-state index contributed by atoms with van der Waals surface area (Å²) in [6.07, 6.45) is 6.18. The van der Waals surface area contributed by atoms with E-state index in [1.807, 2.05) is 27.7 Å². The molecule has 0 fully saturated rings. The Hall–Kier alpha value is -3.54. The van der Waals surface area contributed by atoms with Gasteiger partial charge in [0.15, 0.2) is 0 Å². The van der Waals surface area contributed by atoms with Gasteiger partial charge in [0.05, 0.1) is 13.0 Å². The van der Waals surface area contributed by atoms with Crippen LogP contribution in [0.25, 0.3) is 0 Å². The molecule has 4 atom stereocenters. The van der Waals surface area contributed by atoms with Gasteiger partial charge in [-0.3, -0.25) is 14.4 Å². The molecule has 1 aromatic carbocycles. The molecule has 0 aliphatic rings. The van der Waals surface area contributed by atoms with E-state index in [2.05, 4.69) is 16.6 Å². The van der Waals surface area contributed by atoms with Gasteiger partial charge >= 0.3 is 12.1 Å². The van der Waals surface area contributed by atoms with E-state index in [1.165, 1.54) is 4.90 Å². The normalized spacial score (nSPS) is 14.1. The summed E-state index contributed by atoms with van der Waals surface area (Å²) in [5.41, 5.74) is 0.183. The van der Waals surface area contributed by atoms with Gasteiger partial charge in [0, 0.05) is 18.2 Å². The number of ether oxygens (including phenoxy) is 2. The first-order valence-electron chi connectivity index (χ1n) is 13.6. The number of esters is 1. The summed E-state index contributed by atoms with van der Waals surface area (Å²) in [4.78, 5) is 54.1. The fourth-order valence-corrected chi connectivity index (χ4v) is 3.98. The van der Waals surface area contributed by atoms with Crippen molar-refractivity contribution in [1.82, 2.24) is 15.5 Å². The van der Waals surface area contributed by atoms with Crippen LogP contribution in [0.15, 0.2) is 24.3 Å². The SMILES string of the molecule is C#Cc1ccccc1C(C(=O)NCCC(=O)OCC)N(C(=O)C(NC(=O)OC(C)(C)C)C(C)CC)C(C)CC. The van der Waals surface area contributed by atoms with Crippen molar-refractivity contribution in [3.8, 4) is 12.3 Å². The zero-order chi connectivity index (χ0) is 29.8. The van der Waals surface area contributed by atoms with E-state index in [0.717, 1.165) is 0 Å². The third-order valence-corrected chi connectivity index (χ3v) is 6.34. The molecule has 0 spiro atoms. The lowest BCUT2D eigenvalue weighted by atomic mass is 9.92. The van der Waals surface area contributed by atoms with Crippen LogP contribution in [0.2, 0.25) is 0 Å². The second kappa shape index (κ2) is 15.8. The lowest BCUT2D eigenvalue weighted by Crippen LogP contribution is -2.57. The first-order valence-corrected chi connectivity index (χ1v) is 13.6. The number of nitrogens with one attached hydrogen (secondary N) is 2. The van der Waals surface area contributed by atoms with Gasteiger partial charge in [-0.15, -0.1) is 6.42 Å². The predicted molar refractivity (Wildman–Crippen MR) is 151 cm³/mol. The average molecular weight is 544 g/mol. The molecule has 0 bridgehead atoms. The lowest BCUT2D eigenvalue weighted by molar-refractivity contribution is -0.146. The van der Waals surface area contributed by atoms with Crippen LogP contribution in [0.1, 0.15) is 91.8 Å². The minimum atomic E-state index is -1.10. The molecule has 1 aromatic rings. The van der Waals surface area contributed by atoms with E-state index in [9.17, 15) is 19.2 Å². The molecule has 2 N–H and O–H groups in total. The van der Waals surface area contributed by atoms with Gasteiger partial charge < -0.3 is 25.0 Å². The van der Waals surface area contributed by atoms with Crippen molar-refractivity contribution in [3.05, 3.63) is 35.4 Å². The Morgan fingerprint density at radius 3 is 2.23 bits per heavy atom. The molecule has 216 valence electrons. The number of amides is 3. The van der Waals surface area contributed by atoms with Gasteiger partial charge in [0.25, 0.3) is 0 Å². The first-order chi connectivity index (χ1) is 18.3. The number of hydrogen-bond donors (Lipinski definition) is 2. The maximum Gasteiger partial charge on any atom is 0.408 e. The van der Waals surface area contributed by atoms with Crippen LogP contribution in [-0.2, 0) is 23.9 Å². The predicted octanol–water partition coefficient (Wildman–Crippen LogP) is 4.34. The number of hydrogen-bond acceptors (Lipinski definition) is 6. The summed E-state index contributed by atoms with van der Waals surface area (Å²) in [7, 11) is 0. The van der Waals surface area contributed by atoms with E-state index in [0.29, 0.717) is 24.0 Å². The third-order valence-electron chi connectivity index (χ3n) is 6.34. The number of benzene rings is 1. The second-order valence-electron chi connectivity index (χ2n) is 10.5. The fourth-order valence-electron chi connectivity index (χ4n) is 3.98. The molecule has 9 nitrogen and oxygen atoms in total. The van der Waals surface area contributed by atoms with Gasteiger partial charge in [-0.1, -0.05) is 51.3 Å². The lowest BCUT2D eigenvalue weighted by Gasteiger charge is -2.39. The summed E-state index contributed by atoms with van der Waals surface area (Å²) < 4.78 is 10.4. The third kappa shape index (κ3) is 10.3. The quantitative estimate of drug-likeness (QED) is 0.283. The summed E-state index contributed by atoms with van der Waals surface area (Å²) >= 11 is 0. The molecule has 0 aliphatic heterocycles. The van der Waals surface area contributed by atoms with Crippen LogP contribution < -0.4 is 10.6 Å². The molecular formula is C30H45N3O6. The number of nitrogens with zero attached hydrogens (tertiary/aromatic N) is 1. The topological polar surface area (TPSA) is 114 Å². The minimum Gasteiger partial charge on any atom is -0.466 e. The van der Waals surface area contributed by atoms with E-state index >= 15 is 0 Å². The van der Waals surface area contributed by atoms with Crippen molar-refractivity contribution < 1.29 is 28.7 Å². The average Bonchev–Trinajstić information content (AvgIpc) is 2.88. The number of carbonyl (C=O) groups is 4. The van der Waals surface area contributed by atoms with E-state index in [-0.39, 0.29) is 25.5 Å². The molecule has 0 saturated heterocycles. The molecule has 39 heavy (non-hydrogen) atoms. The standard InChI is InChI=1S/C30H45N3O6/c1-10-20(5)25(32-29(37)39-30(7,8)9)28(36)33(21(6)11-2)26(23-17-15-14-16-22(23)12-3)27(35)31-19-18-24(34)38-13-4/h3,14-17,20-21,25-26H,10-11,13,18-19H2,1-2,4-9H3,(H,31,35)(H,32,37). The van der Waals surface area contributed by atoms with Crippen LogP contribution in [0.5, 0.6) is 0 Å². The second-order valence-corrected chi connectivity index (χ2v) is 10.5. The monoisotopic (exact) mass is 543 g/mol. The molecule has 0 heterocycles. The highest BCUT2D eigenvalue weighted by atomic mass is 16.6. The molecule has 0 saturated carbocycles. The molecule has 3 amide bonds. The highest BCUT2D eigenvalue weighted by Crippen LogP contribution is 2.29. The van der Waals surface area contributed by atoms with Gasteiger partial charge in [0.1, 0.15) is 17.7 Å². The van der Waals surface area contributed by atoms with Crippen molar-refractivity contribution in [1.29, 1.82) is 0 Å². The minimum absolute atomic E-state index is 0.0178. The zero-order valence-electron chi connectivity index (χ0n) is 24.6. The van der Waals surface area contributed by atoms with Crippen molar-refractivity contribution in [2.24, 2.45) is 5.92 Å². The van der Waals surface area contributed by atoms with Gasteiger partial charge in [-0.2, -0.15) is 0 Å². The van der Waals surface area contributed by atoms with Crippen LogP contribution in [0.3, 0.4) is 0 Å². The van der Waals surface area contributed by atoms with E-state index < -0.39 is 47.6 Å². The molecule has 0 radical (unpaired) electrons.